The molecule has 0 radical (unpaired) electrons. The molecule has 4 nitrogen and oxygen atoms in total. The summed E-state index contributed by atoms with van der Waals surface area (Å²) < 4.78 is 0. The second-order valence-electron chi connectivity index (χ2n) is 4.28. The van der Waals surface area contributed by atoms with Gasteiger partial charge in [0.25, 0.3) is 5.91 Å². The molecular weight excluding hydrogens is 288 g/mol. The summed E-state index contributed by atoms with van der Waals surface area (Å²) in [5.41, 5.74) is 2.24. The lowest BCUT2D eigenvalue weighted by molar-refractivity contribution is 0.102. The van der Waals surface area contributed by atoms with Gasteiger partial charge in [0.1, 0.15) is 12.3 Å². The molecule has 1 heterocycles. The average molecular weight is 301 g/mol. The number of aryl methyl sites for hydroxylation is 1. The number of nitrogens with one attached hydrogen (secondary N) is 1. The van der Waals surface area contributed by atoms with Gasteiger partial charge in [0, 0.05) is 11.8 Å². The fourth-order valence-corrected chi connectivity index (χ4v) is 1.91. The lowest BCUT2D eigenvalue weighted by atomic mass is 10.2. The first-order valence-electron chi connectivity index (χ1n) is 6.24. The van der Waals surface area contributed by atoms with Gasteiger partial charge in [-0.25, -0.2) is 0 Å². The number of amides is 1. The Morgan fingerprint density at radius 3 is 2.95 bits per heavy atom. The van der Waals surface area contributed by atoms with Crippen molar-refractivity contribution < 1.29 is 9.90 Å². The molecule has 0 unspecified atom stereocenters. The number of nitrogens with zero attached hydrogens (tertiary/aromatic N) is 1. The molecule has 106 valence electrons. The summed E-state index contributed by atoms with van der Waals surface area (Å²) >= 11 is 6.07. The Bertz CT molecular complexity index is 733. The molecule has 0 aliphatic heterocycles. The zero-order valence-electron chi connectivity index (χ0n) is 11.4. The first-order valence-corrected chi connectivity index (χ1v) is 6.62. The second kappa shape index (κ2) is 6.89. The third-order valence-electron chi connectivity index (χ3n) is 2.75. The molecule has 0 bridgehead atoms. The molecule has 1 amide bonds. The van der Waals surface area contributed by atoms with Crippen molar-refractivity contribution in [2.45, 2.75) is 6.92 Å². The third kappa shape index (κ3) is 3.82. The van der Waals surface area contributed by atoms with E-state index in [9.17, 15) is 4.79 Å². The molecule has 2 aromatic rings. The van der Waals surface area contributed by atoms with E-state index in [1.54, 1.807) is 30.5 Å². The summed E-state index contributed by atoms with van der Waals surface area (Å²) in [6.45, 7) is 1.59. The lowest BCUT2D eigenvalue weighted by Crippen LogP contribution is -2.15. The minimum absolute atomic E-state index is 0.225. The second-order valence-corrected chi connectivity index (χ2v) is 4.68. The molecule has 0 fully saturated rings. The van der Waals surface area contributed by atoms with Crippen molar-refractivity contribution in [1.82, 2.24) is 4.98 Å². The fraction of sp³-hybridized carbons (Fsp3) is 0.125. The maximum absolute atomic E-state index is 12.2. The number of halogens is 1. The van der Waals surface area contributed by atoms with Gasteiger partial charge in [-0.05, 0) is 36.8 Å². The van der Waals surface area contributed by atoms with Crippen molar-refractivity contribution in [3.8, 4) is 11.8 Å². The van der Waals surface area contributed by atoms with Crippen molar-refractivity contribution in [3.63, 3.8) is 0 Å². The van der Waals surface area contributed by atoms with E-state index >= 15 is 0 Å². The summed E-state index contributed by atoms with van der Waals surface area (Å²) in [5.74, 6) is 4.97. The standard InChI is InChI=1S/C16H13ClN2O2/c1-11-4-2-8-18-15(11)16(21)19-14-10-12(5-3-9-20)6-7-13(14)17/h2,4,6-8,10,20H,9H2,1H3,(H,19,21). The summed E-state index contributed by atoms with van der Waals surface area (Å²) in [7, 11) is 0. The van der Waals surface area contributed by atoms with Crippen molar-refractivity contribution in [1.29, 1.82) is 0 Å². The molecule has 0 saturated heterocycles. The van der Waals surface area contributed by atoms with Crippen LogP contribution in [0.15, 0.2) is 36.5 Å². The monoisotopic (exact) mass is 300 g/mol. The highest BCUT2D eigenvalue weighted by molar-refractivity contribution is 6.34. The quantitative estimate of drug-likeness (QED) is 0.838. The van der Waals surface area contributed by atoms with Gasteiger partial charge in [-0.1, -0.05) is 29.5 Å². The van der Waals surface area contributed by atoms with Crippen LogP contribution in [0.1, 0.15) is 21.6 Å². The summed E-state index contributed by atoms with van der Waals surface area (Å²) in [5, 5.41) is 11.8. The van der Waals surface area contributed by atoms with Crippen LogP contribution in [-0.4, -0.2) is 22.6 Å². The van der Waals surface area contributed by atoms with Crippen LogP contribution in [0.25, 0.3) is 0 Å². The van der Waals surface area contributed by atoms with Crippen molar-refractivity contribution >= 4 is 23.2 Å². The van der Waals surface area contributed by atoms with Crippen LogP contribution >= 0.6 is 11.6 Å². The Morgan fingerprint density at radius 1 is 1.43 bits per heavy atom. The minimum atomic E-state index is -0.331. The van der Waals surface area contributed by atoms with E-state index in [0.717, 1.165) is 5.56 Å². The van der Waals surface area contributed by atoms with E-state index in [1.807, 2.05) is 13.0 Å². The Hall–Kier alpha value is -2.35. The van der Waals surface area contributed by atoms with Gasteiger partial charge in [0.15, 0.2) is 0 Å². The van der Waals surface area contributed by atoms with Crippen molar-refractivity contribution in [2.75, 3.05) is 11.9 Å². The molecule has 1 aromatic heterocycles. The summed E-state index contributed by atoms with van der Waals surface area (Å²) in [4.78, 5) is 16.3. The Balaban J connectivity index is 2.27. The van der Waals surface area contributed by atoms with E-state index in [-0.39, 0.29) is 12.5 Å². The zero-order valence-corrected chi connectivity index (χ0v) is 12.1. The fourth-order valence-electron chi connectivity index (χ4n) is 1.75. The van der Waals surface area contributed by atoms with Crippen molar-refractivity contribution in [2.24, 2.45) is 0 Å². The number of hydrogen-bond acceptors (Lipinski definition) is 3. The number of aliphatic hydroxyl groups is 1. The molecule has 0 spiro atoms. The van der Waals surface area contributed by atoms with Gasteiger partial charge < -0.3 is 10.4 Å². The maximum Gasteiger partial charge on any atom is 0.274 e. The van der Waals surface area contributed by atoms with Crippen LogP contribution in [0.5, 0.6) is 0 Å². The Labute approximate surface area is 127 Å². The van der Waals surface area contributed by atoms with Crippen molar-refractivity contribution in [3.05, 3.63) is 58.4 Å². The number of hydrogen-bond donors (Lipinski definition) is 2. The molecular formula is C16H13ClN2O2. The highest BCUT2D eigenvalue weighted by Crippen LogP contribution is 2.23. The number of benzene rings is 1. The van der Waals surface area contributed by atoms with Gasteiger partial charge in [-0.3, -0.25) is 9.78 Å². The van der Waals surface area contributed by atoms with E-state index in [4.69, 9.17) is 16.7 Å². The number of carbonyl (C=O) groups is 1. The highest BCUT2D eigenvalue weighted by atomic mass is 35.5. The van der Waals surface area contributed by atoms with Crippen LogP contribution < -0.4 is 5.32 Å². The van der Waals surface area contributed by atoms with Crippen LogP contribution in [0.3, 0.4) is 0 Å². The Morgan fingerprint density at radius 2 is 2.24 bits per heavy atom. The van der Waals surface area contributed by atoms with Gasteiger partial charge >= 0.3 is 0 Å². The molecule has 21 heavy (non-hydrogen) atoms. The first-order chi connectivity index (χ1) is 10.1. The molecule has 0 aliphatic carbocycles. The number of rotatable bonds is 2. The predicted octanol–water partition coefficient (Wildman–Crippen LogP) is 2.64. The maximum atomic E-state index is 12.2. The first kappa shape index (κ1) is 15.0. The van der Waals surface area contributed by atoms with Crippen LogP contribution in [0.2, 0.25) is 5.02 Å². The zero-order chi connectivity index (χ0) is 15.2. The number of aliphatic hydroxyl groups excluding tert-OH is 1. The predicted molar refractivity (Wildman–Crippen MR) is 82.3 cm³/mol. The SMILES string of the molecule is Cc1cccnc1C(=O)Nc1cc(C#CCO)ccc1Cl. The number of pyridine rings is 1. The molecule has 0 saturated carbocycles. The van der Waals surface area contributed by atoms with Crippen LogP contribution in [0, 0.1) is 18.8 Å². The van der Waals surface area contributed by atoms with E-state index in [0.29, 0.717) is 22.0 Å². The summed E-state index contributed by atoms with van der Waals surface area (Å²) in [6, 6.07) is 8.59. The van der Waals surface area contributed by atoms with Gasteiger partial charge in [0.05, 0.1) is 10.7 Å². The average Bonchev–Trinajstić information content (AvgIpc) is 2.48. The normalized spacial score (nSPS) is 9.67. The van der Waals surface area contributed by atoms with Gasteiger partial charge in [0.2, 0.25) is 0 Å². The third-order valence-corrected chi connectivity index (χ3v) is 3.08. The number of carbonyl (C=O) groups excluding carboxylic acids is 1. The molecule has 0 atom stereocenters. The van der Waals surface area contributed by atoms with E-state index < -0.39 is 0 Å². The molecule has 1 aromatic carbocycles. The van der Waals surface area contributed by atoms with Crippen LogP contribution in [-0.2, 0) is 0 Å². The number of aromatic nitrogens is 1. The van der Waals surface area contributed by atoms with E-state index in [2.05, 4.69) is 22.1 Å². The molecule has 2 rings (SSSR count). The smallest absolute Gasteiger partial charge is 0.274 e. The van der Waals surface area contributed by atoms with E-state index in [1.165, 1.54) is 0 Å². The highest BCUT2D eigenvalue weighted by Gasteiger charge is 2.12. The van der Waals surface area contributed by atoms with Gasteiger partial charge in [-0.2, -0.15) is 0 Å². The minimum Gasteiger partial charge on any atom is -0.384 e. The number of anilines is 1. The molecule has 2 N–H and O–H groups in total. The summed E-state index contributed by atoms with van der Waals surface area (Å²) in [6.07, 6.45) is 1.56. The molecule has 0 aliphatic rings. The lowest BCUT2D eigenvalue weighted by Gasteiger charge is -2.08. The molecule has 5 heteroatoms. The van der Waals surface area contributed by atoms with Crippen LogP contribution in [0.4, 0.5) is 5.69 Å². The largest absolute Gasteiger partial charge is 0.384 e. The van der Waals surface area contributed by atoms with Gasteiger partial charge in [-0.15, -0.1) is 0 Å². The topological polar surface area (TPSA) is 62.2 Å². The Kier molecular flexibility index (Phi) is 4.94.